The fourth-order valence-electron chi connectivity index (χ4n) is 3.46. The van der Waals surface area contributed by atoms with Crippen LogP contribution in [0.3, 0.4) is 0 Å². The molecule has 0 radical (unpaired) electrons. The van der Waals surface area contributed by atoms with E-state index in [0.717, 1.165) is 10.9 Å². The second-order valence-electron chi connectivity index (χ2n) is 5.49. The summed E-state index contributed by atoms with van der Waals surface area (Å²) < 4.78 is 1.15. The van der Waals surface area contributed by atoms with Crippen LogP contribution in [-0.4, -0.2) is 4.98 Å². The molecule has 1 aliphatic carbocycles. The van der Waals surface area contributed by atoms with Crippen molar-refractivity contribution in [1.82, 2.24) is 4.98 Å². The van der Waals surface area contributed by atoms with Gasteiger partial charge in [0.1, 0.15) is 0 Å². The van der Waals surface area contributed by atoms with Crippen LogP contribution in [0.5, 0.6) is 0 Å². The number of pyridine rings is 1. The molecule has 0 amide bonds. The van der Waals surface area contributed by atoms with E-state index in [2.05, 4.69) is 62.6 Å². The predicted octanol–water partition coefficient (Wildman–Crippen LogP) is 4.67. The quantitative estimate of drug-likeness (QED) is 0.770. The molecular weight excluding hydrogens is 312 g/mol. The standard InChI is InChI=1S/C17H15BrN2/c18-12-6-7-16-15(9-12)13-4-1-5-14(13)17(20-16)11-3-2-8-19-10-11/h1-4,6-10,13-14,17,20H,5H2/t13-,14+,17+/m1/s1. The normalized spacial score (nSPS) is 26.8. The lowest BCUT2D eigenvalue weighted by molar-refractivity contribution is 0.425. The Morgan fingerprint density at radius 2 is 2.20 bits per heavy atom. The molecule has 1 aromatic heterocycles. The van der Waals surface area contributed by atoms with E-state index in [0.29, 0.717) is 17.9 Å². The highest BCUT2D eigenvalue weighted by atomic mass is 79.9. The summed E-state index contributed by atoms with van der Waals surface area (Å²) in [7, 11) is 0. The van der Waals surface area contributed by atoms with E-state index in [1.54, 1.807) is 0 Å². The van der Waals surface area contributed by atoms with E-state index < -0.39 is 0 Å². The molecule has 100 valence electrons. The summed E-state index contributed by atoms with van der Waals surface area (Å²) in [5.74, 6) is 1.09. The highest BCUT2D eigenvalue weighted by Crippen LogP contribution is 2.50. The smallest absolute Gasteiger partial charge is 0.0569 e. The molecule has 1 aromatic carbocycles. The van der Waals surface area contributed by atoms with Gasteiger partial charge in [-0.3, -0.25) is 4.98 Å². The van der Waals surface area contributed by atoms with Crippen LogP contribution in [0, 0.1) is 5.92 Å². The second kappa shape index (κ2) is 4.74. The molecule has 20 heavy (non-hydrogen) atoms. The minimum Gasteiger partial charge on any atom is -0.378 e. The Bertz CT molecular complexity index is 666. The molecule has 0 fully saturated rings. The lowest BCUT2D eigenvalue weighted by Gasteiger charge is -2.37. The molecule has 2 heterocycles. The fraction of sp³-hybridized carbons (Fsp3) is 0.235. The molecule has 0 bridgehead atoms. The van der Waals surface area contributed by atoms with Crippen molar-refractivity contribution in [3.05, 3.63) is 70.5 Å². The zero-order valence-corrected chi connectivity index (χ0v) is 12.5. The van der Waals surface area contributed by atoms with Gasteiger partial charge in [-0.1, -0.05) is 34.1 Å². The Morgan fingerprint density at radius 3 is 3.05 bits per heavy atom. The number of nitrogens with one attached hydrogen (secondary N) is 1. The van der Waals surface area contributed by atoms with Crippen molar-refractivity contribution >= 4 is 21.6 Å². The number of anilines is 1. The van der Waals surface area contributed by atoms with Gasteiger partial charge in [0, 0.05) is 28.5 Å². The third kappa shape index (κ3) is 1.88. The maximum atomic E-state index is 4.28. The molecule has 4 rings (SSSR count). The molecule has 0 unspecified atom stereocenters. The summed E-state index contributed by atoms with van der Waals surface area (Å²) in [6.45, 7) is 0. The molecular formula is C17H15BrN2. The number of halogens is 1. The largest absolute Gasteiger partial charge is 0.378 e. The zero-order valence-electron chi connectivity index (χ0n) is 11.0. The number of allylic oxidation sites excluding steroid dienone is 2. The van der Waals surface area contributed by atoms with Crippen LogP contribution >= 0.6 is 15.9 Å². The van der Waals surface area contributed by atoms with E-state index in [-0.39, 0.29) is 0 Å². The number of fused-ring (bicyclic) bond motifs is 3. The first-order chi connectivity index (χ1) is 9.83. The van der Waals surface area contributed by atoms with Crippen LogP contribution in [-0.2, 0) is 0 Å². The molecule has 2 nitrogen and oxygen atoms in total. The highest BCUT2D eigenvalue weighted by Gasteiger charge is 2.37. The van der Waals surface area contributed by atoms with Crippen molar-refractivity contribution in [3.63, 3.8) is 0 Å². The van der Waals surface area contributed by atoms with E-state index >= 15 is 0 Å². The zero-order chi connectivity index (χ0) is 13.5. The van der Waals surface area contributed by atoms with Crippen LogP contribution in [0.1, 0.15) is 29.5 Å². The van der Waals surface area contributed by atoms with Gasteiger partial charge in [0.05, 0.1) is 6.04 Å². The van der Waals surface area contributed by atoms with Crippen LogP contribution in [0.4, 0.5) is 5.69 Å². The Balaban J connectivity index is 1.80. The molecule has 1 N–H and O–H groups in total. The average Bonchev–Trinajstić information content (AvgIpc) is 2.97. The number of hydrogen-bond donors (Lipinski definition) is 1. The summed E-state index contributed by atoms with van der Waals surface area (Å²) in [4.78, 5) is 4.28. The Labute approximate surface area is 127 Å². The monoisotopic (exact) mass is 326 g/mol. The molecule has 0 saturated heterocycles. The SMILES string of the molecule is Brc1ccc2c(c1)[C@@H]1C=CC[C@@H]1[C@H](c1cccnc1)N2. The van der Waals surface area contributed by atoms with Crippen molar-refractivity contribution < 1.29 is 0 Å². The number of hydrogen-bond acceptors (Lipinski definition) is 2. The van der Waals surface area contributed by atoms with Crippen molar-refractivity contribution in [2.45, 2.75) is 18.4 Å². The van der Waals surface area contributed by atoms with Crippen LogP contribution in [0.25, 0.3) is 0 Å². The topological polar surface area (TPSA) is 24.9 Å². The first-order valence-corrected chi connectivity index (χ1v) is 7.75. The van der Waals surface area contributed by atoms with Gasteiger partial charge in [-0.15, -0.1) is 0 Å². The van der Waals surface area contributed by atoms with Gasteiger partial charge in [-0.25, -0.2) is 0 Å². The molecule has 1 aliphatic heterocycles. The lowest BCUT2D eigenvalue weighted by atomic mass is 9.77. The lowest BCUT2D eigenvalue weighted by Crippen LogP contribution is -2.29. The van der Waals surface area contributed by atoms with E-state index in [9.17, 15) is 0 Å². The Hall–Kier alpha value is -1.61. The van der Waals surface area contributed by atoms with Gasteiger partial charge in [0.2, 0.25) is 0 Å². The molecule has 0 spiro atoms. The summed E-state index contributed by atoms with van der Waals surface area (Å²) >= 11 is 3.59. The van der Waals surface area contributed by atoms with E-state index in [1.807, 2.05) is 18.5 Å². The summed E-state index contributed by atoms with van der Waals surface area (Å²) in [6.07, 6.45) is 9.62. The third-order valence-corrected chi connectivity index (χ3v) is 4.86. The van der Waals surface area contributed by atoms with Gasteiger partial charge in [-0.05, 0) is 47.7 Å². The fourth-order valence-corrected chi connectivity index (χ4v) is 3.83. The van der Waals surface area contributed by atoms with Crippen molar-refractivity contribution in [2.24, 2.45) is 5.92 Å². The third-order valence-electron chi connectivity index (χ3n) is 4.37. The number of aromatic nitrogens is 1. The number of rotatable bonds is 1. The van der Waals surface area contributed by atoms with Crippen molar-refractivity contribution in [3.8, 4) is 0 Å². The molecule has 2 aromatic rings. The minimum absolute atomic E-state index is 0.345. The number of nitrogens with zero attached hydrogens (tertiary/aromatic N) is 1. The molecule has 2 aliphatic rings. The first kappa shape index (κ1) is 12.2. The molecule has 3 atom stereocenters. The molecule has 0 saturated carbocycles. The average molecular weight is 327 g/mol. The second-order valence-corrected chi connectivity index (χ2v) is 6.41. The maximum absolute atomic E-state index is 4.28. The van der Waals surface area contributed by atoms with Gasteiger partial charge in [-0.2, -0.15) is 0 Å². The van der Waals surface area contributed by atoms with Gasteiger partial charge < -0.3 is 5.32 Å². The van der Waals surface area contributed by atoms with Gasteiger partial charge >= 0.3 is 0 Å². The summed E-state index contributed by atoms with van der Waals surface area (Å²) in [5.41, 5.74) is 3.92. The molecule has 3 heteroatoms. The number of benzene rings is 1. The van der Waals surface area contributed by atoms with Crippen LogP contribution in [0.15, 0.2) is 59.4 Å². The predicted molar refractivity (Wildman–Crippen MR) is 84.7 cm³/mol. The summed E-state index contributed by atoms with van der Waals surface area (Å²) in [6, 6.07) is 11.1. The van der Waals surface area contributed by atoms with Crippen LogP contribution < -0.4 is 5.32 Å². The summed E-state index contributed by atoms with van der Waals surface area (Å²) in [5, 5.41) is 3.71. The Morgan fingerprint density at radius 1 is 1.25 bits per heavy atom. The van der Waals surface area contributed by atoms with E-state index in [4.69, 9.17) is 0 Å². The Kier molecular flexibility index (Phi) is 2.88. The van der Waals surface area contributed by atoms with E-state index in [1.165, 1.54) is 16.8 Å². The first-order valence-electron chi connectivity index (χ1n) is 6.95. The highest BCUT2D eigenvalue weighted by molar-refractivity contribution is 9.10. The van der Waals surface area contributed by atoms with Crippen molar-refractivity contribution in [2.75, 3.05) is 5.32 Å². The van der Waals surface area contributed by atoms with Crippen molar-refractivity contribution in [1.29, 1.82) is 0 Å². The van der Waals surface area contributed by atoms with Gasteiger partial charge in [0.15, 0.2) is 0 Å². The minimum atomic E-state index is 0.345. The maximum Gasteiger partial charge on any atom is 0.0569 e. The van der Waals surface area contributed by atoms with Crippen LogP contribution in [0.2, 0.25) is 0 Å². The van der Waals surface area contributed by atoms with Gasteiger partial charge in [0.25, 0.3) is 0 Å².